The molecule has 5 nitrogen and oxygen atoms in total. The molecular weight excluding hydrogens is 591 g/mol. The smallest absolute Gasteiger partial charge is 0.266 e. The largest absolute Gasteiger partial charge is 0.477 e. The number of nitriles is 2. The number of anilines is 1. The van der Waals surface area contributed by atoms with Gasteiger partial charge in [0.2, 0.25) is 0 Å². The van der Waals surface area contributed by atoms with Crippen LogP contribution in [-0.4, -0.2) is 12.5 Å². The fourth-order valence-corrected chi connectivity index (χ4v) is 4.44. The molecule has 0 radical (unpaired) electrons. The average Bonchev–Trinajstić information content (AvgIpc) is 2.62. The maximum Gasteiger partial charge on any atom is 0.266 e. The average molecular weight is 604 g/mol. The molecule has 0 aliphatic rings. The number of nitrogens with zero attached hydrogens (tertiary/aromatic N) is 2. The molecule has 2 aromatic carbocycles. The van der Waals surface area contributed by atoms with Crippen LogP contribution in [0.15, 0.2) is 35.9 Å². The Kier molecular flexibility index (Phi) is 7.90. The molecule has 0 bridgehead atoms. The van der Waals surface area contributed by atoms with Crippen LogP contribution in [0.1, 0.15) is 11.1 Å². The van der Waals surface area contributed by atoms with Crippen LogP contribution < -0.4 is 10.1 Å². The molecule has 8 heteroatoms. The monoisotopic (exact) mass is 603 g/mol. The third kappa shape index (κ3) is 5.83. The topological polar surface area (TPSA) is 85.9 Å². The molecule has 2 rings (SSSR count). The summed E-state index contributed by atoms with van der Waals surface area (Å²) in [6.45, 7) is 1.79. The fourth-order valence-electron chi connectivity index (χ4n) is 2.14. The van der Waals surface area contributed by atoms with Crippen LogP contribution in [0.2, 0.25) is 5.02 Å². The van der Waals surface area contributed by atoms with Gasteiger partial charge in [0.25, 0.3) is 5.91 Å². The minimum Gasteiger partial charge on any atom is -0.477 e. The molecule has 1 amide bonds. The highest BCUT2D eigenvalue weighted by Gasteiger charge is 2.13. The van der Waals surface area contributed by atoms with Crippen LogP contribution >= 0.6 is 56.8 Å². The van der Waals surface area contributed by atoms with Crippen molar-refractivity contribution >= 4 is 74.5 Å². The second-order valence-electron chi connectivity index (χ2n) is 5.34. The number of hydrogen-bond acceptors (Lipinski definition) is 4. The van der Waals surface area contributed by atoms with Crippen LogP contribution in [0.25, 0.3) is 6.08 Å². The number of ether oxygens (including phenoxy) is 1. The summed E-state index contributed by atoms with van der Waals surface area (Å²) in [7, 11) is 0. The third-order valence-electron chi connectivity index (χ3n) is 3.43. The first-order valence-electron chi connectivity index (χ1n) is 7.53. The van der Waals surface area contributed by atoms with Gasteiger partial charge in [-0.2, -0.15) is 10.5 Å². The normalized spacial score (nSPS) is 10.7. The first-order chi connectivity index (χ1) is 12.8. The SMILES string of the molecule is Cc1ccc(Cl)cc1NC(=O)/C(C#N)=C/c1cc(I)c(OCC#N)c(I)c1. The molecule has 0 spiro atoms. The fraction of sp³-hybridized carbons (Fsp3) is 0.105. The van der Waals surface area contributed by atoms with Crippen LogP contribution in [-0.2, 0) is 4.79 Å². The zero-order valence-electron chi connectivity index (χ0n) is 14.0. The quantitative estimate of drug-likeness (QED) is 0.286. The highest BCUT2D eigenvalue weighted by molar-refractivity contribution is 14.1. The first kappa shape index (κ1) is 21.5. The molecule has 136 valence electrons. The van der Waals surface area contributed by atoms with Crippen molar-refractivity contribution in [1.82, 2.24) is 0 Å². The Morgan fingerprint density at radius 1 is 1.26 bits per heavy atom. The molecule has 0 aliphatic carbocycles. The molecule has 0 saturated heterocycles. The maximum absolute atomic E-state index is 12.5. The number of carbonyl (C=O) groups is 1. The van der Waals surface area contributed by atoms with Gasteiger partial charge in [-0.15, -0.1) is 0 Å². The van der Waals surface area contributed by atoms with Crippen LogP contribution in [0.5, 0.6) is 5.75 Å². The standard InChI is InChI=1S/C19H12ClI2N3O2/c1-11-2-3-14(20)9-17(11)25-19(26)13(10-24)6-12-7-15(21)18(16(22)8-12)27-5-4-23/h2-3,6-9H,5H2,1H3,(H,25,26)/b13-6+. The van der Waals surface area contributed by atoms with E-state index in [9.17, 15) is 10.1 Å². The van der Waals surface area contributed by atoms with E-state index in [4.69, 9.17) is 21.6 Å². The molecule has 0 aromatic heterocycles. The van der Waals surface area contributed by atoms with Gasteiger partial charge in [-0.3, -0.25) is 4.79 Å². The van der Waals surface area contributed by atoms with E-state index in [0.717, 1.165) is 12.7 Å². The van der Waals surface area contributed by atoms with Gasteiger partial charge < -0.3 is 10.1 Å². The van der Waals surface area contributed by atoms with E-state index in [1.165, 1.54) is 6.08 Å². The minimum absolute atomic E-state index is 0.0355. The summed E-state index contributed by atoms with van der Waals surface area (Å²) in [6.07, 6.45) is 1.51. The Bertz CT molecular complexity index is 984. The minimum atomic E-state index is -0.516. The number of rotatable bonds is 5. The highest BCUT2D eigenvalue weighted by atomic mass is 127. The zero-order valence-corrected chi connectivity index (χ0v) is 19.1. The molecule has 27 heavy (non-hydrogen) atoms. The summed E-state index contributed by atoms with van der Waals surface area (Å²) in [5, 5.41) is 21.3. The summed E-state index contributed by atoms with van der Waals surface area (Å²) in [4.78, 5) is 12.5. The lowest BCUT2D eigenvalue weighted by Crippen LogP contribution is -2.14. The maximum atomic E-state index is 12.5. The Balaban J connectivity index is 2.30. The third-order valence-corrected chi connectivity index (χ3v) is 5.26. The zero-order chi connectivity index (χ0) is 20.0. The van der Waals surface area contributed by atoms with Crippen molar-refractivity contribution in [2.24, 2.45) is 0 Å². The van der Waals surface area contributed by atoms with Gasteiger partial charge in [0.1, 0.15) is 23.5 Å². The Labute approximate surface area is 189 Å². The van der Waals surface area contributed by atoms with Gasteiger partial charge >= 0.3 is 0 Å². The summed E-state index contributed by atoms with van der Waals surface area (Å²) < 4.78 is 6.96. The van der Waals surface area contributed by atoms with E-state index in [0.29, 0.717) is 22.0 Å². The summed E-state index contributed by atoms with van der Waals surface area (Å²) in [5.74, 6) is 0.0881. The van der Waals surface area contributed by atoms with Crippen LogP contribution in [0.4, 0.5) is 5.69 Å². The molecule has 0 unspecified atom stereocenters. The van der Waals surface area contributed by atoms with Crippen LogP contribution in [0.3, 0.4) is 0 Å². The molecule has 0 fully saturated rings. The predicted octanol–water partition coefficient (Wildman–Crippen LogP) is 5.31. The molecule has 2 aromatic rings. The molecule has 0 aliphatic heterocycles. The number of carbonyl (C=O) groups excluding carboxylic acids is 1. The van der Waals surface area contributed by atoms with Crippen molar-refractivity contribution in [2.45, 2.75) is 6.92 Å². The van der Waals surface area contributed by atoms with Crippen LogP contribution in [0, 0.1) is 36.7 Å². The van der Waals surface area contributed by atoms with Gasteiger partial charge in [0.05, 0.1) is 7.14 Å². The van der Waals surface area contributed by atoms with Crippen molar-refractivity contribution in [2.75, 3.05) is 11.9 Å². The van der Waals surface area contributed by atoms with Crippen molar-refractivity contribution < 1.29 is 9.53 Å². The summed E-state index contributed by atoms with van der Waals surface area (Å²) in [5.41, 5.74) is 2.04. The number of benzene rings is 2. The van der Waals surface area contributed by atoms with Crippen molar-refractivity contribution in [3.05, 3.63) is 59.2 Å². The molecule has 0 atom stereocenters. The van der Waals surface area contributed by atoms with Gasteiger partial charge in [-0.05, 0) is 93.6 Å². The number of nitrogens with one attached hydrogen (secondary N) is 1. The molecule has 1 N–H and O–H groups in total. The molecule has 0 heterocycles. The summed E-state index contributed by atoms with van der Waals surface area (Å²) >= 11 is 10.1. The number of halogens is 3. The van der Waals surface area contributed by atoms with E-state index >= 15 is 0 Å². The van der Waals surface area contributed by atoms with Gasteiger partial charge in [-0.1, -0.05) is 17.7 Å². The van der Waals surface area contributed by atoms with E-state index in [2.05, 4.69) is 50.5 Å². The number of hydrogen-bond donors (Lipinski definition) is 1. The first-order valence-corrected chi connectivity index (χ1v) is 10.1. The Hall–Kier alpha value is -1.82. The van der Waals surface area contributed by atoms with Crippen molar-refractivity contribution in [1.29, 1.82) is 10.5 Å². The number of aryl methyl sites for hydroxylation is 1. The molecular formula is C19H12ClI2N3O2. The van der Waals surface area contributed by atoms with E-state index in [1.807, 2.05) is 19.1 Å². The Morgan fingerprint density at radius 2 is 1.93 bits per heavy atom. The number of amides is 1. The predicted molar refractivity (Wildman–Crippen MR) is 121 cm³/mol. The van der Waals surface area contributed by atoms with E-state index < -0.39 is 5.91 Å². The second-order valence-corrected chi connectivity index (χ2v) is 8.10. The lowest BCUT2D eigenvalue weighted by Gasteiger charge is -2.10. The van der Waals surface area contributed by atoms with Gasteiger partial charge in [0, 0.05) is 10.7 Å². The molecule has 0 saturated carbocycles. The second kappa shape index (κ2) is 9.93. The van der Waals surface area contributed by atoms with Gasteiger partial charge in [0.15, 0.2) is 6.61 Å². The summed E-state index contributed by atoms with van der Waals surface area (Å²) in [6, 6.07) is 12.6. The highest BCUT2D eigenvalue weighted by Crippen LogP contribution is 2.30. The lowest BCUT2D eigenvalue weighted by atomic mass is 10.1. The van der Waals surface area contributed by atoms with E-state index in [1.54, 1.807) is 30.3 Å². The lowest BCUT2D eigenvalue weighted by molar-refractivity contribution is -0.112. The van der Waals surface area contributed by atoms with Gasteiger partial charge in [-0.25, -0.2) is 0 Å². The van der Waals surface area contributed by atoms with Crippen molar-refractivity contribution in [3.63, 3.8) is 0 Å². The van der Waals surface area contributed by atoms with E-state index in [-0.39, 0.29) is 12.2 Å². The van der Waals surface area contributed by atoms with Crippen molar-refractivity contribution in [3.8, 4) is 17.9 Å². The Morgan fingerprint density at radius 3 is 2.52 bits per heavy atom.